The fourth-order valence-corrected chi connectivity index (χ4v) is 2.46. The first-order chi connectivity index (χ1) is 11.0. The number of hydrogen-bond donors (Lipinski definition) is 1. The molecule has 8 heteroatoms. The van der Waals surface area contributed by atoms with Crippen molar-refractivity contribution < 1.29 is 22.7 Å². The average molecular weight is 325 g/mol. The lowest BCUT2D eigenvalue weighted by molar-refractivity contribution is -0.233. The van der Waals surface area contributed by atoms with Gasteiger partial charge in [0.1, 0.15) is 11.4 Å². The molecule has 0 spiro atoms. The van der Waals surface area contributed by atoms with Gasteiger partial charge in [0.25, 0.3) is 5.91 Å². The summed E-state index contributed by atoms with van der Waals surface area (Å²) in [5.41, 5.74) is 1.32. The van der Waals surface area contributed by atoms with E-state index >= 15 is 0 Å². The van der Waals surface area contributed by atoms with Crippen LogP contribution in [-0.4, -0.2) is 52.8 Å². The van der Waals surface area contributed by atoms with Gasteiger partial charge in [-0.15, -0.1) is 0 Å². The Hall–Kier alpha value is -2.35. The number of nitrogens with zero attached hydrogens (tertiary/aromatic N) is 2. The number of aromatic amines is 1. The highest BCUT2D eigenvalue weighted by Crippen LogP contribution is 2.27. The maximum Gasteiger partial charge on any atom is 0.416 e. The van der Waals surface area contributed by atoms with E-state index in [9.17, 15) is 18.0 Å². The molecule has 1 fully saturated rings. The number of ether oxygens (including phenoxy) is 1. The number of carbonyl (C=O) groups excluding carboxylic acids is 1. The fourth-order valence-electron chi connectivity index (χ4n) is 2.46. The van der Waals surface area contributed by atoms with Gasteiger partial charge in [0.05, 0.1) is 19.5 Å². The van der Waals surface area contributed by atoms with Gasteiger partial charge in [0, 0.05) is 12.1 Å². The Morgan fingerprint density at radius 3 is 2.74 bits per heavy atom. The number of carbonyl (C=O) groups is 1. The minimum Gasteiger partial charge on any atom is -0.365 e. The predicted octanol–water partition coefficient (Wildman–Crippen LogP) is 2.48. The molecule has 1 N–H and O–H groups in total. The Bertz CT molecular complexity index is 685. The summed E-state index contributed by atoms with van der Waals surface area (Å²) >= 11 is 0. The van der Waals surface area contributed by atoms with Crippen molar-refractivity contribution in [3.8, 4) is 11.3 Å². The molecular formula is C15H14F3N3O2. The van der Waals surface area contributed by atoms with Crippen LogP contribution in [0.15, 0.2) is 36.7 Å². The van der Waals surface area contributed by atoms with Crippen molar-refractivity contribution in [1.29, 1.82) is 0 Å². The molecule has 2 aromatic rings. The monoisotopic (exact) mass is 325 g/mol. The van der Waals surface area contributed by atoms with E-state index in [4.69, 9.17) is 4.74 Å². The van der Waals surface area contributed by atoms with Crippen molar-refractivity contribution in [3.63, 3.8) is 0 Å². The molecule has 1 unspecified atom stereocenters. The van der Waals surface area contributed by atoms with Crippen molar-refractivity contribution in [2.45, 2.75) is 12.3 Å². The molecule has 1 saturated heterocycles. The van der Waals surface area contributed by atoms with Crippen LogP contribution in [0.1, 0.15) is 10.5 Å². The Morgan fingerprint density at radius 1 is 1.30 bits per heavy atom. The molecule has 5 nitrogen and oxygen atoms in total. The summed E-state index contributed by atoms with van der Waals surface area (Å²) in [5, 5.41) is 0. The van der Waals surface area contributed by atoms with Crippen molar-refractivity contribution in [2.75, 3.05) is 19.7 Å². The van der Waals surface area contributed by atoms with Crippen molar-refractivity contribution in [3.05, 3.63) is 42.4 Å². The lowest BCUT2D eigenvalue weighted by atomic mass is 10.1. The molecule has 1 amide bonds. The van der Waals surface area contributed by atoms with E-state index in [1.54, 1.807) is 24.3 Å². The third kappa shape index (κ3) is 3.21. The number of H-pyrrole nitrogens is 1. The first-order valence-electron chi connectivity index (χ1n) is 7.03. The minimum atomic E-state index is -4.49. The van der Waals surface area contributed by atoms with Crippen LogP contribution in [0.2, 0.25) is 0 Å². The van der Waals surface area contributed by atoms with Crippen LogP contribution in [0.5, 0.6) is 0 Å². The van der Waals surface area contributed by atoms with Crippen LogP contribution in [0.3, 0.4) is 0 Å². The quantitative estimate of drug-likeness (QED) is 0.923. The third-order valence-corrected chi connectivity index (χ3v) is 3.62. The number of alkyl halides is 3. The van der Waals surface area contributed by atoms with E-state index in [-0.39, 0.29) is 18.8 Å². The zero-order valence-corrected chi connectivity index (χ0v) is 12.0. The second-order valence-electron chi connectivity index (χ2n) is 5.14. The second-order valence-corrected chi connectivity index (χ2v) is 5.14. The highest BCUT2D eigenvalue weighted by molar-refractivity contribution is 5.98. The summed E-state index contributed by atoms with van der Waals surface area (Å²) in [6.45, 7) is -0.557. The highest BCUT2D eigenvalue weighted by atomic mass is 19.4. The number of rotatable bonds is 2. The molecule has 122 valence electrons. The van der Waals surface area contributed by atoms with Crippen molar-refractivity contribution >= 4 is 5.91 Å². The second kappa shape index (κ2) is 6.04. The lowest BCUT2D eigenvalue weighted by Crippen LogP contribution is -2.51. The fraction of sp³-hybridized carbons (Fsp3) is 0.333. The average Bonchev–Trinajstić information content (AvgIpc) is 3.04. The maximum atomic E-state index is 12.8. The largest absolute Gasteiger partial charge is 0.416 e. The van der Waals surface area contributed by atoms with Crippen molar-refractivity contribution in [2.24, 2.45) is 0 Å². The van der Waals surface area contributed by atoms with Crippen LogP contribution >= 0.6 is 0 Å². The predicted molar refractivity (Wildman–Crippen MR) is 75.7 cm³/mol. The summed E-state index contributed by atoms with van der Waals surface area (Å²) in [4.78, 5) is 20.5. The Balaban J connectivity index is 1.83. The molecule has 3 rings (SSSR count). The number of morpholine rings is 1. The van der Waals surface area contributed by atoms with Gasteiger partial charge in [0.15, 0.2) is 6.10 Å². The Labute approximate surface area is 130 Å². The maximum absolute atomic E-state index is 12.8. The summed E-state index contributed by atoms with van der Waals surface area (Å²) in [6.07, 6.45) is -5.09. The summed E-state index contributed by atoms with van der Waals surface area (Å²) < 4.78 is 43.1. The molecule has 23 heavy (non-hydrogen) atoms. The molecule has 0 aliphatic carbocycles. The number of nitrogens with one attached hydrogen (secondary N) is 1. The molecule has 0 bridgehead atoms. The Morgan fingerprint density at radius 2 is 2.04 bits per heavy atom. The molecule has 1 aliphatic rings. The van der Waals surface area contributed by atoms with Gasteiger partial charge in [0.2, 0.25) is 0 Å². The van der Waals surface area contributed by atoms with Gasteiger partial charge in [-0.2, -0.15) is 13.2 Å². The number of halogens is 3. The van der Waals surface area contributed by atoms with Gasteiger partial charge in [-0.1, -0.05) is 30.3 Å². The van der Waals surface area contributed by atoms with Crippen LogP contribution in [0.4, 0.5) is 13.2 Å². The first-order valence-corrected chi connectivity index (χ1v) is 7.03. The highest BCUT2D eigenvalue weighted by Gasteiger charge is 2.44. The number of imidazole rings is 1. The molecule has 1 aromatic heterocycles. The van der Waals surface area contributed by atoms with Gasteiger partial charge in [-0.3, -0.25) is 4.79 Å². The molecule has 0 saturated carbocycles. The number of amides is 1. The first kappa shape index (κ1) is 15.5. The topological polar surface area (TPSA) is 58.2 Å². The van der Waals surface area contributed by atoms with E-state index in [1.807, 2.05) is 6.07 Å². The van der Waals surface area contributed by atoms with Gasteiger partial charge in [-0.25, -0.2) is 4.98 Å². The minimum absolute atomic E-state index is 0.110. The molecule has 1 aromatic carbocycles. The Kier molecular flexibility index (Phi) is 4.08. The SMILES string of the molecule is O=C(c1[nH]cnc1-c1ccccc1)N1CCOC(C(F)(F)F)C1. The summed E-state index contributed by atoms with van der Waals surface area (Å²) in [7, 11) is 0. The normalized spacial score (nSPS) is 18.9. The van der Waals surface area contributed by atoms with Crippen LogP contribution < -0.4 is 0 Å². The zero-order valence-electron chi connectivity index (χ0n) is 12.0. The molecule has 1 atom stereocenters. The summed E-state index contributed by atoms with van der Waals surface area (Å²) in [6, 6.07) is 8.99. The number of hydrogen-bond acceptors (Lipinski definition) is 3. The number of benzene rings is 1. The molecule has 2 heterocycles. The molecular weight excluding hydrogens is 311 g/mol. The summed E-state index contributed by atoms with van der Waals surface area (Å²) in [5.74, 6) is -0.515. The van der Waals surface area contributed by atoms with E-state index in [1.165, 1.54) is 6.33 Å². The van der Waals surface area contributed by atoms with E-state index < -0.39 is 24.7 Å². The van der Waals surface area contributed by atoms with Crippen LogP contribution in [0, 0.1) is 0 Å². The zero-order chi connectivity index (χ0) is 16.4. The molecule has 0 radical (unpaired) electrons. The van der Waals surface area contributed by atoms with Gasteiger partial charge in [-0.05, 0) is 0 Å². The molecule has 1 aliphatic heterocycles. The van der Waals surface area contributed by atoms with Gasteiger partial charge < -0.3 is 14.6 Å². The number of aromatic nitrogens is 2. The van der Waals surface area contributed by atoms with E-state index in [2.05, 4.69) is 9.97 Å². The van der Waals surface area contributed by atoms with Gasteiger partial charge >= 0.3 is 6.18 Å². The third-order valence-electron chi connectivity index (χ3n) is 3.62. The van der Waals surface area contributed by atoms with E-state index in [0.717, 1.165) is 10.5 Å². The van der Waals surface area contributed by atoms with Crippen LogP contribution in [-0.2, 0) is 4.74 Å². The standard InChI is InChI=1S/C15H14F3N3O2/c16-15(17,18)11-8-21(6-7-23-11)14(22)13-12(19-9-20-13)10-4-2-1-3-5-10/h1-5,9,11H,6-8H2,(H,19,20). The van der Waals surface area contributed by atoms with Crippen LogP contribution in [0.25, 0.3) is 11.3 Å². The van der Waals surface area contributed by atoms with Crippen molar-refractivity contribution in [1.82, 2.24) is 14.9 Å². The van der Waals surface area contributed by atoms with E-state index in [0.29, 0.717) is 5.69 Å². The smallest absolute Gasteiger partial charge is 0.365 e. The lowest BCUT2D eigenvalue weighted by Gasteiger charge is -2.33.